The van der Waals surface area contributed by atoms with Crippen LogP contribution in [0.25, 0.3) is 0 Å². The lowest BCUT2D eigenvalue weighted by Gasteiger charge is -2.41. The Morgan fingerprint density at radius 2 is 2.54 bits per heavy atom. The molecule has 0 saturated carbocycles. The molecule has 1 aromatic heterocycles. The fraction of sp³-hybridized carbons (Fsp3) is 0.556. The summed E-state index contributed by atoms with van der Waals surface area (Å²) in [5.74, 6) is 0.990. The minimum absolute atomic E-state index is 0.468. The van der Waals surface area contributed by atoms with E-state index < -0.39 is 0 Å². The molecule has 0 radical (unpaired) electrons. The Kier molecular flexibility index (Phi) is 2.14. The summed E-state index contributed by atoms with van der Waals surface area (Å²) in [5, 5.41) is 8.00. The van der Waals surface area contributed by atoms with Crippen molar-refractivity contribution in [2.45, 2.75) is 19.4 Å². The second-order valence-corrected chi connectivity index (χ2v) is 3.41. The maximum absolute atomic E-state index is 5.62. The molecule has 0 aliphatic carbocycles. The average molecular weight is 178 g/mol. The highest BCUT2D eigenvalue weighted by Gasteiger charge is 2.28. The minimum atomic E-state index is 0.468. The maximum atomic E-state index is 5.62. The topological polar surface area (TPSA) is 55.0 Å². The molecule has 0 aromatic carbocycles. The number of rotatable bonds is 2. The lowest BCUT2D eigenvalue weighted by atomic mass is 10.0. The zero-order chi connectivity index (χ0) is 9.26. The molecule has 0 spiro atoms. The van der Waals surface area contributed by atoms with Gasteiger partial charge in [-0.15, -0.1) is 5.10 Å². The number of hydrogen-bond donors (Lipinski definition) is 1. The van der Waals surface area contributed by atoms with Crippen molar-refractivity contribution in [2.75, 3.05) is 18.0 Å². The van der Waals surface area contributed by atoms with Crippen molar-refractivity contribution in [1.29, 1.82) is 0 Å². The standard InChI is InChI=1S/C9H14N4/c1-7-2-4-11-12-9(7)13-5-3-8(13)6-10/h2,4,8H,3,5-6,10H2,1H3. The molecule has 1 fully saturated rings. The molecule has 4 heteroatoms. The summed E-state index contributed by atoms with van der Waals surface area (Å²) in [6, 6.07) is 2.45. The van der Waals surface area contributed by atoms with Crippen LogP contribution in [0.5, 0.6) is 0 Å². The van der Waals surface area contributed by atoms with Crippen LogP contribution in [0.15, 0.2) is 12.3 Å². The highest BCUT2D eigenvalue weighted by molar-refractivity contribution is 5.48. The second-order valence-electron chi connectivity index (χ2n) is 3.41. The molecule has 0 amide bonds. The zero-order valence-corrected chi connectivity index (χ0v) is 7.77. The van der Waals surface area contributed by atoms with Gasteiger partial charge in [0.15, 0.2) is 5.82 Å². The Labute approximate surface area is 77.8 Å². The van der Waals surface area contributed by atoms with Gasteiger partial charge in [0, 0.05) is 19.1 Å². The van der Waals surface area contributed by atoms with Gasteiger partial charge in [-0.1, -0.05) is 0 Å². The van der Waals surface area contributed by atoms with Crippen LogP contribution < -0.4 is 10.6 Å². The number of aryl methyl sites for hydroxylation is 1. The second kappa shape index (κ2) is 3.30. The third-order valence-electron chi connectivity index (χ3n) is 2.58. The number of anilines is 1. The number of hydrogen-bond acceptors (Lipinski definition) is 4. The molecule has 1 aliphatic heterocycles. The summed E-state index contributed by atoms with van der Waals surface area (Å²) in [6.45, 7) is 3.81. The quantitative estimate of drug-likeness (QED) is 0.708. The molecule has 1 aromatic rings. The van der Waals surface area contributed by atoms with Crippen LogP contribution in [0.1, 0.15) is 12.0 Å². The van der Waals surface area contributed by atoms with Crippen molar-refractivity contribution >= 4 is 5.82 Å². The number of nitrogens with zero attached hydrogens (tertiary/aromatic N) is 3. The maximum Gasteiger partial charge on any atom is 0.154 e. The van der Waals surface area contributed by atoms with Gasteiger partial charge in [-0.05, 0) is 25.0 Å². The van der Waals surface area contributed by atoms with E-state index in [1.54, 1.807) is 6.20 Å². The number of aromatic nitrogens is 2. The van der Waals surface area contributed by atoms with Crippen molar-refractivity contribution < 1.29 is 0 Å². The van der Waals surface area contributed by atoms with Crippen molar-refractivity contribution in [2.24, 2.45) is 5.73 Å². The van der Waals surface area contributed by atoms with Crippen LogP contribution in [0.3, 0.4) is 0 Å². The van der Waals surface area contributed by atoms with Gasteiger partial charge in [0.25, 0.3) is 0 Å². The normalized spacial score (nSPS) is 21.4. The minimum Gasteiger partial charge on any atom is -0.351 e. The van der Waals surface area contributed by atoms with Crippen molar-refractivity contribution in [3.8, 4) is 0 Å². The average Bonchev–Trinajstić information content (AvgIpc) is 2.08. The highest BCUT2D eigenvalue weighted by atomic mass is 15.3. The Hall–Kier alpha value is -1.16. The van der Waals surface area contributed by atoms with Gasteiger partial charge in [-0.2, -0.15) is 5.10 Å². The smallest absolute Gasteiger partial charge is 0.154 e. The summed E-state index contributed by atoms with van der Waals surface area (Å²) < 4.78 is 0. The fourth-order valence-electron chi connectivity index (χ4n) is 1.64. The van der Waals surface area contributed by atoms with Crippen LogP contribution in [-0.2, 0) is 0 Å². The van der Waals surface area contributed by atoms with Gasteiger partial charge in [0.2, 0.25) is 0 Å². The monoisotopic (exact) mass is 178 g/mol. The van der Waals surface area contributed by atoms with Crippen LogP contribution in [0.4, 0.5) is 5.82 Å². The first-order valence-corrected chi connectivity index (χ1v) is 4.58. The third-order valence-corrected chi connectivity index (χ3v) is 2.58. The van der Waals surface area contributed by atoms with Crippen LogP contribution in [0.2, 0.25) is 0 Å². The molecule has 2 rings (SSSR count). The van der Waals surface area contributed by atoms with E-state index in [0.717, 1.165) is 12.4 Å². The Morgan fingerprint density at radius 1 is 1.69 bits per heavy atom. The van der Waals surface area contributed by atoms with Crippen LogP contribution in [-0.4, -0.2) is 29.3 Å². The van der Waals surface area contributed by atoms with Crippen LogP contribution >= 0.6 is 0 Å². The Balaban J connectivity index is 2.21. The lowest BCUT2D eigenvalue weighted by molar-refractivity contribution is 0.449. The van der Waals surface area contributed by atoms with Gasteiger partial charge in [0.1, 0.15) is 0 Å². The molecule has 2 N–H and O–H groups in total. The summed E-state index contributed by atoms with van der Waals surface area (Å²) in [4.78, 5) is 2.22. The summed E-state index contributed by atoms with van der Waals surface area (Å²) in [6.07, 6.45) is 2.89. The van der Waals surface area contributed by atoms with Gasteiger partial charge in [-0.3, -0.25) is 0 Å². The van der Waals surface area contributed by atoms with Gasteiger partial charge in [0.05, 0.1) is 6.20 Å². The summed E-state index contributed by atoms with van der Waals surface area (Å²) in [7, 11) is 0. The molecule has 1 unspecified atom stereocenters. The third kappa shape index (κ3) is 1.37. The van der Waals surface area contributed by atoms with E-state index in [2.05, 4.69) is 22.0 Å². The molecule has 13 heavy (non-hydrogen) atoms. The summed E-state index contributed by atoms with van der Waals surface area (Å²) >= 11 is 0. The fourth-order valence-corrected chi connectivity index (χ4v) is 1.64. The number of nitrogens with two attached hydrogens (primary N) is 1. The first-order valence-electron chi connectivity index (χ1n) is 4.58. The molecule has 4 nitrogen and oxygen atoms in total. The van der Waals surface area contributed by atoms with E-state index in [1.807, 2.05) is 6.07 Å². The molecule has 2 heterocycles. The molecule has 0 bridgehead atoms. The molecule has 1 saturated heterocycles. The van der Waals surface area contributed by atoms with Crippen molar-refractivity contribution in [1.82, 2.24) is 10.2 Å². The van der Waals surface area contributed by atoms with E-state index in [4.69, 9.17) is 5.73 Å². The molecular weight excluding hydrogens is 164 g/mol. The van der Waals surface area contributed by atoms with E-state index in [1.165, 1.54) is 12.0 Å². The van der Waals surface area contributed by atoms with Gasteiger partial charge in [-0.25, -0.2) is 0 Å². The molecular formula is C9H14N4. The largest absolute Gasteiger partial charge is 0.351 e. The van der Waals surface area contributed by atoms with E-state index in [0.29, 0.717) is 12.6 Å². The Bertz CT molecular complexity index is 297. The first kappa shape index (κ1) is 8.44. The highest BCUT2D eigenvalue weighted by Crippen LogP contribution is 2.25. The SMILES string of the molecule is Cc1ccnnc1N1CCC1CN. The predicted octanol–water partition coefficient (Wildman–Crippen LogP) is 0.322. The summed E-state index contributed by atoms with van der Waals surface area (Å²) in [5.41, 5.74) is 6.80. The lowest BCUT2D eigenvalue weighted by Crippen LogP contribution is -2.52. The van der Waals surface area contributed by atoms with Gasteiger partial charge >= 0.3 is 0 Å². The van der Waals surface area contributed by atoms with Gasteiger partial charge < -0.3 is 10.6 Å². The molecule has 70 valence electrons. The van der Waals surface area contributed by atoms with Crippen molar-refractivity contribution in [3.63, 3.8) is 0 Å². The van der Waals surface area contributed by atoms with E-state index in [-0.39, 0.29) is 0 Å². The van der Waals surface area contributed by atoms with E-state index in [9.17, 15) is 0 Å². The van der Waals surface area contributed by atoms with E-state index >= 15 is 0 Å². The molecule has 1 aliphatic rings. The molecule has 1 atom stereocenters. The first-order chi connectivity index (χ1) is 6.33. The zero-order valence-electron chi connectivity index (χ0n) is 7.77. The Morgan fingerprint density at radius 3 is 3.08 bits per heavy atom. The van der Waals surface area contributed by atoms with Crippen LogP contribution in [0, 0.1) is 6.92 Å². The predicted molar refractivity (Wildman–Crippen MR) is 51.6 cm³/mol. The van der Waals surface area contributed by atoms with Crippen molar-refractivity contribution in [3.05, 3.63) is 17.8 Å².